The van der Waals surface area contributed by atoms with Crippen LogP contribution in [0, 0.1) is 18.8 Å². The van der Waals surface area contributed by atoms with Crippen LogP contribution < -0.4 is 10.1 Å². The number of ether oxygens (including phenoxy) is 2. The minimum atomic E-state index is 0.314. The van der Waals surface area contributed by atoms with Gasteiger partial charge in [0.25, 0.3) is 0 Å². The summed E-state index contributed by atoms with van der Waals surface area (Å²) in [7, 11) is 1.79. The molecule has 36 heavy (non-hydrogen) atoms. The van der Waals surface area contributed by atoms with Gasteiger partial charge in [0.1, 0.15) is 23.6 Å². The van der Waals surface area contributed by atoms with E-state index in [1.54, 1.807) is 13.4 Å². The Morgan fingerprint density at radius 3 is 2.78 bits per heavy atom. The highest BCUT2D eigenvalue weighted by atomic mass is 16.5. The van der Waals surface area contributed by atoms with Gasteiger partial charge in [0.05, 0.1) is 18.2 Å². The number of likely N-dealkylation sites (tertiary alicyclic amines) is 1. The van der Waals surface area contributed by atoms with Gasteiger partial charge in [0, 0.05) is 30.3 Å². The molecule has 1 saturated heterocycles. The van der Waals surface area contributed by atoms with Crippen LogP contribution in [0.2, 0.25) is 0 Å². The van der Waals surface area contributed by atoms with E-state index in [2.05, 4.69) is 44.2 Å². The fourth-order valence-corrected chi connectivity index (χ4v) is 4.43. The summed E-state index contributed by atoms with van der Waals surface area (Å²) in [6.07, 6.45) is 4.18. The first kappa shape index (κ1) is 23.8. The Morgan fingerprint density at radius 1 is 1.06 bits per heavy atom. The van der Waals surface area contributed by atoms with Crippen LogP contribution in [0.3, 0.4) is 0 Å². The van der Waals surface area contributed by atoms with Crippen LogP contribution in [0.5, 0.6) is 11.5 Å². The maximum atomic E-state index is 6.01. The molecule has 1 aliphatic heterocycles. The van der Waals surface area contributed by atoms with Gasteiger partial charge in [-0.3, -0.25) is 4.90 Å². The number of nitrogens with zero attached hydrogens (tertiary/aromatic N) is 3. The van der Waals surface area contributed by atoms with E-state index in [1.165, 1.54) is 0 Å². The van der Waals surface area contributed by atoms with Crippen molar-refractivity contribution in [2.24, 2.45) is 0 Å². The number of rotatable bonds is 6. The highest BCUT2D eigenvalue weighted by Gasteiger charge is 2.18. The highest BCUT2D eigenvalue weighted by Crippen LogP contribution is 2.30. The number of nitrogens with one attached hydrogen (secondary N) is 1. The Morgan fingerprint density at radius 2 is 1.94 bits per heavy atom. The zero-order chi connectivity index (χ0) is 24.7. The first-order chi connectivity index (χ1) is 17.7. The molecular formula is C30H30N4O2. The number of benzene rings is 3. The van der Waals surface area contributed by atoms with Gasteiger partial charge in [-0.25, -0.2) is 9.97 Å². The van der Waals surface area contributed by atoms with Gasteiger partial charge in [-0.05, 0) is 80.4 Å². The molecule has 4 aromatic rings. The molecule has 5 rings (SSSR count). The number of hydrogen-bond acceptors (Lipinski definition) is 6. The smallest absolute Gasteiger partial charge is 0.141 e. The summed E-state index contributed by atoms with van der Waals surface area (Å²) in [5.41, 5.74) is 3.78. The van der Waals surface area contributed by atoms with Crippen molar-refractivity contribution in [1.82, 2.24) is 14.9 Å². The van der Waals surface area contributed by atoms with E-state index in [4.69, 9.17) is 9.47 Å². The summed E-state index contributed by atoms with van der Waals surface area (Å²) in [6, 6.07) is 21.9. The summed E-state index contributed by atoms with van der Waals surface area (Å²) < 4.78 is 11.5. The predicted molar refractivity (Wildman–Crippen MR) is 144 cm³/mol. The molecule has 2 heterocycles. The molecule has 6 nitrogen and oxygen atoms in total. The lowest BCUT2D eigenvalue weighted by atomic mass is 10.1. The van der Waals surface area contributed by atoms with Crippen LogP contribution >= 0.6 is 0 Å². The van der Waals surface area contributed by atoms with Crippen molar-refractivity contribution in [3.05, 3.63) is 84.2 Å². The van der Waals surface area contributed by atoms with Gasteiger partial charge in [0.15, 0.2) is 0 Å². The van der Waals surface area contributed by atoms with Crippen molar-refractivity contribution in [3.63, 3.8) is 0 Å². The molecule has 0 saturated carbocycles. The topological polar surface area (TPSA) is 59.5 Å². The molecule has 0 radical (unpaired) electrons. The number of aryl methyl sites for hydroxylation is 1. The van der Waals surface area contributed by atoms with E-state index < -0.39 is 0 Å². The first-order valence-electron chi connectivity index (χ1n) is 12.3. The Labute approximate surface area is 212 Å². The molecule has 1 atom stereocenters. The van der Waals surface area contributed by atoms with Gasteiger partial charge in [-0.2, -0.15) is 0 Å². The average Bonchev–Trinajstić information content (AvgIpc) is 2.91. The Hall–Kier alpha value is -3.92. The quantitative estimate of drug-likeness (QED) is 0.346. The maximum Gasteiger partial charge on any atom is 0.141 e. The molecule has 6 heteroatoms. The SMILES string of the molecule is COC1CCCN(CC#Cc2ccc3ncnc(Nc4ccc(Oc5ccccc5)c(C)c4)c3c2)C1. The van der Waals surface area contributed by atoms with Crippen molar-refractivity contribution >= 4 is 22.4 Å². The predicted octanol–water partition coefficient (Wildman–Crippen LogP) is 5.94. The number of para-hydroxylation sites is 1. The lowest BCUT2D eigenvalue weighted by Gasteiger charge is -2.30. The van der Waals surface area contributed by atoms with E-state index in [1.807, 2.05) is 61.5 Å². The van der Waals surface area contributed by atoms with E-state index >= 15 is 0 Å². The van der Waals surface area contributed by atoms with Crippen LogP contribution in [-0.2, 0) is 4.74 Å². The van der Waals surface area contributed by atoms with Gasteiger partial charge in [-0.15, -0.1) is 0 Å². The third kappa shape index (κ3) is 5.83. The number of anilines is 2. The van der Waals surface area contributed by atoms with Crippen molar-refractivity contribution in [3.8, 4) is 23.3 Å². The lowest BCUT2D eigenvalue weighted by Crippen LogP contribution is -2.39. The Balaban J connectivity index is 1.32. The van der Waals surface area contributed by atoms with Gasteiger partial charge in [0.2, 0.25) is 0 Å². The van der Waals surface area contributed by atoms with Crippen LogP contribution in [0.1, 0.15) is 24.0 Å². The largest absolute Gasteiger partial charge is 0.457 e. The second-order valence-electron chi connectivity index (χ2n) is 9.01. The number of aromatic nitrogens is 2. The summed E-state index contributed by atoms with van der Waals surface area (Å²) in [6.45, 7) is 4.79. The average molecular weight is 479 g/mol. The number of methoxy groups -OCH3 is 1. The third-order valence-corrected chi connectivity index (χ3v) is 6.38. The van der Waals surface area contributed by atoms with Crippen LogP contribution in [0.25, 0.3) is 10.9 Å². The zero-order valence-electron chi connectivity index (χ0n) is 20.7. The van der Waals surface area contributed by atoms with E-state index in [0.717, 1.165) is 77.5 Å². The number of fused-ring (bicyclic) bond motifs is 1. The van der Waals surface area contributed by atoms with Crippen LogP contribution in [0.4, 0.5) is 11.5 Å². The molecule has 1 aromatic heterocycles. The highest BCUT2D eigenvalue weighted by molar-refractivity contribution is 5.91. The van der Waals surface area contributed by atoms with Crippen molar-refractivity contribution in [2.75, 3.05) is 32.1 Å². The van der Waals surface area contributed by atoms with E-state index in [9.17, 15) is 0 Å². The van der Waals surface area contributed by atoms with Crippen molar-refractivity contribution in [1.29, 1.82) is 0 Å². The molecule has 0 amide bonds. The number of hydrogen-bond donors (Lipinski definition) is 1. The summed E-state index contributed by atoms with van der Waals surface area (Å²) in [5.74, 6) is 9.03. The second kappa shape index (κ2) is 11.2. The Kier molecular flexibility index (Phi) is 7.41. The molecule has 3 aromatic carbocycles. The van der Waals surface area contributed by atoms with Crippen LogP contribution in [0.15, 0.2) is 73.1 Å². The van der Waals surface area contributed by atoms with Gasteiger partial charge < -0.3 is 14.8 Å². The number of piperidine rings is 1. The summed E-state index contributed by atoms with van der Waals surface area (Å²) in [4.78, 5) is 11.3. The molecule has 1 aliphatic rings. The Bertz CT molecular complexity index is 1390. The zero-order valence-corrected chi connectivity index (χ0v) is 20.7. The minimum absolute atomic E-state index is 0.314. The fourth-order valence-electron chi connectivity index (χ4n) is 4.43. The van der Waals surface area contributed by atoms with Gasteiger partial charge in [-0.1, -0.05) is 30.0 Å². The standard InChI is InChI=1S/C30H30N4O2/c1-22-18-24(13-15-29(22)36-25-9-4-3-5-10-25)33-30-27-19-23(12-14-28(27)31-21-32-30)8-6-16-34-17-7-11-26(20-34)35-2/h3-5,9-10,12-15,18-19,21,26H,7,11,16-17,20H2,1-2H3,(H,31,32,33). The minimum Gasteiger partial charge on any atom is -0.457 e. The van der Waals surface area contributed by atoms with Crippen molar-refractivity contribution in [2.45, 2.75) is 25.9 Å². The molecule has 0 bridgehead atoms. The molecular weight excluding hydrogens is 448 g/mol. The molecule has 1 unspecified atom stereocenters. The van der Waals surface area contributed by atoms with E-state index in [0.29, 0.717) is 6.10 Å². The molecule has 1 fully saturated rings. The van der Waals surface area contributed by atoms with Gasteiger partial charge >= 0.3 is 0 Å². The molecule has 0 aliphatic carbocycles. The molecule has 0 spiro atoms. The third-order valence-electron chi connectivity index (χ3n) is 6.38. The summed E-state index contributed by atoms with van der Waals surface area (Å²) >= 11 is 0. The summed E-state index contributed by atoms with van der Waals surface area (Å²) in [5, 5.41) is 4.38. The molecule has 1 N–H and O–H groups in total. The maximum absolute atomic E-state index is 6.01. The van der Waals surface area contributed by atoms with Crippen LogP contribution in [-0.4, -0.2) is 47.7 Å². The second-order valence-corrected chi connectivity index (χ2v) is 9.01. The van der Waals surface area contributed by atoms with Crippen molar-refractivity contribution < 1.29 is 9.47 Å². The monoisotopic (exact) mass is 478 g/mol. The normalized spacial score (nSPS) is 15.8. The fraction of sp³-hybridized carbons (Fsp3) is 0.267. The lowest BCUT2D eigenvalue weighted by molar-refractivity contribution is 0.0363. The van der Waals surface area contributed by atoms with E-state index in [-0.39, 0.29) is 0 Å². The molecule has 182 valence electrons. The first-order valence-corrected chi connectivity index (χ1v) is 12.3.